The summed E-state index contributed by atoms with van der Waals surface area (Å²) in [7, 11) is 0. The van der Waals surface area contributed by atoms with Gasteiger partial charge >= 0.3 is 5.97 Å². The number of carbonyl (C=O) groups excluding carboxylic acids is 2. The van der Waals surface area contributed by atoms with Crippen LogP contribution >= 0.6 is 0 Å². The number of nitrogens with one attached hydrogen (secondary N) is 1. The van der Waals surface area contributed by atoms with Crippen molar-refractivity contribution in [3.8, 4) is 11.8 Å². The molecule has 4 aromatic carbocycles. The summed E-state index contributed by atoms with van der Waals surface area (Å²) < 4.78 is 11.2. The number of esters is 1. The summed E-state index contributed by atoms with van der Waals surface area (Å²) >= 11 is 0. The summed E-state index contributed by atoms with van der Waals surface area (Å²) in [4.78, 5) is 24.9. The SMILES string of the molecule is CCOC(=O)c1ccc(NC(=O)/C(C#N)=C/c2c(OCc3cc(C)cc(C)c3)ccc3ccccc23)cc1. The lowest BCUT2D eigenvalue weighted by Gasteiger charge is -2.14. The van der Waals surface area contributed by atoms with Gasteiger partial charge in [-0.3, -0.25) is 4.79 Å². The van der Waals surface area contributed by atoms with Crippen molar-refractivity contribution in [2.24, 2.45) is 0 Å². The third-order valence-corrected chi connectivity index (χ3v) is 5.91. The van der Waals surface area contributed by atoms with Gasteiger partial charge in [0.15, 0.2) is 0 Å². The molecule has 0 bridgehead atoms. The van der Waals surface area contributed by atoms with Crippen molar-refractivity contribution in [2.45, 2.75) is 27.4 Å². The van der Waals surface area contributed by atoms with Crippen LogP contribution in [0.4, 0.5) is 5.69 Å². The average Bonchev–Trinajstić information content (AvgIpc) is 2.90. The first-order valence-corrected chi connectivity index (χ1v) is 12.3. The van der Waals surface area contributed by atoms with Gasteiger partial charge in [-0.2, -0.15) is 5.26 Å². The first-order chi connectivity index (χ1) is 18.4. The van der Waals surface area contributed by atoms with Crippen LogP contribution in [0, 0.1) is 25.2 Å². The van der Waals surface area contributed by atoms with Gasteiger partial charge in [0, 0.05) is 11.3 Å². The molecule has 0 saturated carbocycles. The molecule has 38 heavy (non-hydrogen) atoms. The molecule has 0 aliphatic rings. The molecule has 1 amide bonds. The molecule has 0 heterocycles. The van der Waals surface area contributed by atoms with E-state index in [9.17, 15) is 14.9 Å². The van der Waals surface area contributed by atoms with E-state index < -0.39 is 11.9 Å². The van der Waals surface area contributed by atoms with Crippen molar-refractivity contribution in [2.75, 3.05) is 11.9 Å². The normalized spacial score (nSPS) is 11.1. The minimum Gasteiger partial charge on any atom is -0.488 e. The lowest BCUT2D eigenvalue weighted by Crippen LogP contribution is -2.14. The van der Waals surface area contributed by atoms with Crippen molar-refractivity contribution in [3.63, 3.8) is 0 Å². The molecule has 0 atom stereocenters. The minimum absolute atomic E-state index is 0.0768. The number of amides is 1. The molecule has 0 spiro atoms. The Balaban J connectivity index is 1.63. The van der Waals surface area contributed by atoms with Gasteiger partial charge in [-0.15, -0.1) is 0 Å². The number of anilines is 1. The van der Waals surface area contributed by atoms with E-state index in [4.69, 9.17) is 9.47 Å². The van der Waals surface area contributed by atoms with Crippen LogP contribution in [0.1, 0.15) is 39.5 Å². The van der Waals surface area contributed by atoms with Crippen LogP contribution in [-0.2, 0) is 16.1 Å². The van der Waals surface area contributed by atoms with Crippen LogP contribution in [0.2, 0.25) is 0 Å². The molecule has 4 aromatic rings. The molecule has 0 unspecified atom stereocenters. The maximum absolute atomic E-state index is 13.0. The smallest absolute Gasteiger partial charge is 0.338 e. The summed E-state index contributed by atoms with van der Waals surface area (Å²) in [6.45, 7) is 6.45. The Bertz CT molecular complexity index is 1540. The maximum Gasteiger partial charge on any atom is 0.338 e. The van der Waals surface area contributed by atoms with Gasteiger partial charge in [0.1, 0.15) is 24.0 Å². The Hall–Kier alpha value is -4.89. The second-order valence-electron chi connectivity index (χ2n) is 8.90. The van der Waals surface area contributed by atoms with Crippen molar-refractivity contribution in [1.29, 1.82) is 5.26 Å². The van der Waals surface area contributed by atoms with Crippen molar-refractivity contribution >= 4 is 34.4 Å². The Kier molecular flexibility index (Phi) is 8.20. The quantitative estimate of drug-likeness (QED) is 0.163. The predicted octanol–water partition coefficient (Wildman–Crippen LogP) is 6.76. The van der Waals surface area contributed by atoms with Crippen LogP contribution in [0.15, 0.2) is 84.4 Å². The summed E-state index contributed by atoms with van der Waals surface area (Å²) in [5.41, 5.74) is 4.75. The molecule has 190 valence electrons. The average molecular weight is 505 g/mol. The van der Waals surface area contributed by atoms with E-state index in [1.165, 1.54) is 0 Å². The number of rotatable bonds is 8. The van der Waals surface area contributed by atoms with Crippen molar-refractivity contribution in [3.05, 3.63) is 112 Å². The third kappa shape index (κ3) is 6.26. The molecule has 0 radical (unpaired) electrons. The fraction of sp³-hybridized carbons (Fsp3) is 0.156. The highest BCUT2D eigenvalue weighted by Gasteiger charge is 2.15. The minimum atomic E-state index is -0.565. The molecule has 0 aromatic heterocycles. The standard InChI is InChI=1S/C32H28N2O4/c1-4-37-32(36)25-9-12-27(13-10-25)34-31(35)26(19-33)18-29-28-8-6-5-7-24(28)11-14-30(29)38-20-23-16-21(2)15-22(3)17-23/h5-18H,4,20H2,1-3H3,(H,34,35)/b26-18+. The maximum atomic E-state index is 13.0. The number of ether oxygens (including phenoxy) is 2. The van der Waals surface area contributed by atoms with Crippen molar-refractivity contribution in [1.82, 2.24) is 0 Å². The van der Waals surface area contributed by atoms with Crippen LogP contribution < -0.4 is 10.1 Å². The van der Waals surface area contributed by atoms with Crippen LogP contribution in [0.25, 0.3) is 16.8 Å². The highest BCUT2D eigenvalue weighted by molar-refractivity contribution is 6.11. The molecule has 1 N–H and O–H groups in total. The Morgan fingerprint density at radius 2 is 1.66 bits per heavy atom. The van der Waals surface area contributed by atoms with E-state index >= 15 is 0 Å². The van der Waals surface area contributed by atoms with Crippen LogP contribution in [0.3, 0.4) is 0 Å². The zero-order chi connectivity index (χ0) is 27.1. The molecule has 0 fully saturated rings. The molecular weight excluding hydrogens is 476 g/mol. The number of aryl methyl sites for hydroxylation is 2. The number of nitrogens with zero attached hydrogens (tertiary/aromatic N) is 1. The van der Waals surface area contributed by atoms with E-state index in [0.717, 1.165) is 27.5 Å². The zero-order valence-corrected chi connectivity index (χ0v) is 21.6. The topological polar surface area (TPSA) is 88.4 Å². The van der Waals surface area contributed by atoms with Crippen LogP contribution in [-0.4, -0.2) is 18.5 Å². The van der Waals surface area contributed by atoms with Gasteiger partial charge in [-0.25, -0.2) is 4.79 Å². The number of benzene rings is 4. The summed E-state index contributed by atoms with van der Waals surface area (Å²) in [5.74, 6) is -0.431. The molecule has 0 saturated heterocycles. The molecule has 6 nitrogen and oxygen atoms in total. The molecular formula is C32H28N2O4. The van der Waals surface area contributed by atoms with E-state index in [1.807, 2.05) is 56.3 Å². The number of nitriles is 1. The van der Waals surface area contributed by atoms with Gasteiger partial charge in [-0.1, -0.05) is 59.7 Å². The van der Waals surface area contributed by atoms with Gasteiger partial charge in [-0.05, 0) is 73.5 Å². The van der Waals surface area contributed by atoms with Gasteiger partial charge < -0.3 is 14.8 Å². The van der Waals surface area contributed by atoms with E-state index in [0.29, 0.717) is 29.2 Å². The zero-order valence-electron chi connectivity index (χ0n) is 21.6. The fourth-order valence-electron chi connectivity index (χ4n) is 4.26. The first-order valence-electron chi connectivity index (χ1n) is 12.3. The summed E-state index contributed by atoms with van der Waals surface area (Å²) in [6.07, 6.45) is 1.56. The monoisotopic (exact) mass is 504 g/mol. The Morgan fingerprint density at radius 3 is 2.34 bits per heavy atom. The predicted molar refractivity (Wildman–Crippen MR) is 149 cm³/mol. The highest BCUT2D eigenvalue weighted by Crippen LogP contribution is 2.31. The van der Waals surface area contributed by atoms with Crippen molar-refractivity contribution < 1.29 is 19.1 Å². The largest absolute Gasteiger partial charge is 0.488 e. The summed E-state index contributed by atoms with van der Waals surface area (Å²) in [6, 6.07) is 26.1. The molecule has 0 aliphatic heterocycles. The van der Waals surface area contributed by atoms with Gasteiger partial charge in [0.05, 0.1) is 12.2 Å². The molecule has 6 heteroatoms. The Labute approximate surface area is 222 Å². The number of hydrogen-bond donors (Lipinski definition) is 1. The van der Waals surface area contributed by atoms with Gasteiger partial charge in [0.25, 0.3) is 5.91 Å². The van der Waals surface area contributed by atoms with Crippen LogP contribution in [0.5, 0.6) is 5.75 Å². The second-order valence-corrected chi connectivity index (χ2v) is 8.90. The molecule has 4 rings (SSSR count). The lowest BCUT2D eigenvalue weighted by atomic mass is 10.0. The number of hydrogen-bond acceptors (Lipinski definition) is 5. The van der Waals surface area contributed by atoms with E-state index in [1.54, 1.807) is 37.3 Å². The highest BCUT2D eigenvalue weighted by atomic mass is 16.5. The Morgan fingerprint density at radius 1 is 0.947 bits per heavy atom. The number of fused-ring (bicyclic) bond motifs is 1. The van der Waals surface area contributed by atoms with Gasteiger partial charge in [0.2, 0.25) is 0 Å². The lowest BCUT2D eigenvalue weighted by molar-refractivity contribution is -0.112. The third-order valence-electron chi connectivity index (χ3n) is 5.91. The van der Waals surface area contributed by atoms with E-state index in [2.05, 4.69) is 23.5 Å². The fourth-order valence-corrected chi connectivity index (χ4v) is 4.26. The second kappa shape index (κ2) is 11.9. The summed E-state index contributed by atoms with van der Waals surface area (Å²) in [5, 5.41) is 14.4. The molecule has 0 aliphatic carbocycles. The van der Waals surface area contributed by atoms with E-state index in [-0.39, 0.29) is 12.2 Å². The number of carbonyl (C=O) groups is 2. The first kappa shape index (κ1) is 26.2.